The number of benzene rings is 1. The summed E-state index contributed by atoms with van der Waals surface area (Å²) in [5.74, 6) is -0.979. The first-order valence-electron chi connectivity index (χ1n) is 14.8. The number of aryl methyl sites for hydroxylation is 1. The molecule has 1 aromatic carbocycles. The number of hydrogen-bond donors (Lipinski definition) is 3. The molecule has 0 aliphatic carbocycles. The van der Waals surface area contributed by atoms with Gasteiger partial charge in [-0.15, -0.1) is 0 Å². The number of ether oxygens (including phenoxy) is 2. The number of nitrogens with zero attached hydrogens (tertiary/aromatic N) is 4. The van der Waals surface area contributed by atoms with Crippen LogP contribution < -0.4 is 10.9 Å². The van der Waals surface area contributed by atoms with E-state index in [0.29, 0.717) is 23.2 Å². The largest absolute Gasteiger partial charge is 0.458 e. The molecular weight excluding hydrogens is 609 g/mol. The van der Waals surface area contributed by atoms with Crippen LogP contribution in [0.25, 0.3) is 10.9 Å². The average molecular weight is 645 g/mol. The number of anilines is 2. The minimum atomic E-state index is -4.86. The van der Waals surface area contributed by atoms with E-state index in [-0.39, 0.29) is 42.8 Å². The van der Waals surface area contributed by atoms with E-state index >= 15 is 0 Å². The van der Waals surface area contributed by atoms with E-state index in [0.717, 1.165) is 4.90 Å². The maximum absolute atomic E-state index is 13.3. The Kier molecular flexibility index (Phi) is 8.41. The minimum Gasteiger partial charge on any atom is -0.458 e. The van der Waals surface area contributed by atoms with Crippen LogP contribution in [0.15, 0.2) is 35.3 Å². The van der Waals surface area contributed by atoms with Crippen molar-refractivity contribution in [2.45, 2.75) is 82.4 Å². The highest BCUT2D eigenvalue weighted by molar-refractivity contribution is 5.97. The Morgan fingerprint density at radius 1 is 1.26 bits per heavy atom. The lowest BCUT2D eigenvalue weighted by Gasteiger charge is -2.39. The Hall–Kier alpha value is -4.42. The zero-order chi connectivity index (χ0) is 33.7. The molecule has 2 aliphatic heterocycles. The molecule has 46 heavy (non-hydrogen) atoms. The summed E-state index contributed by atoms with van der Waals surface area (Å²) in [5, 5.41) is 27.8. The second-order valence-electron chi connectivity index (χ2n) is 12.9. The molecule has 2 fully saturated rings. The molecule has 2 aromatic heterocycles. The van der Waals surface area contributed by atoms with Gasteiger partial charge in [0.1, 0.15) is 11.0 Å². The Labute approximate surface area is 262 Å². The van der Waals surface area contributed by atoms with Crippen molar-refractivity contribution < 1.29 is 37.3 Å². The number of nitriles is 1. The topological polar surface area (TPSA) is 163 Å². The summed E-state index contributed by atoms with van der Waals surface area (Å²) in [6.45, 7) is 5.76. The van der Waals surface area contributed by atoms with Gasteiger partial charge in [0.15, 0.2) is 17.5 Å². The molecule has 246 valence electrons. The molecule has 0 saturated carbocycles. The van der Waals surface area contributed by atoms with Crippen molar-refractivity contribution in [2.24, 2.45) is 0 Å². The van der Waals surface area contributed by atoms with Crippen molar-refractivity contribution >= 4 is 34.3 Å². The number of carbonyl (C=O) groups excluding carboxylic acids is 2. The van der Waals surface area contributed by atoms with E-state index in [1.54, 1.807) is 44.5 Å². The van der Waals surface area contributed by atoms with Crippen LogP contribution in [0.5, 0.6) is 0 Å². The maximum atomic E-state index is 13.3. The molecule has 3 aromatic rings. The molecule has 12 nitrogen and oxygen atoms in total. The smallest absolute Gasteiger partial charge is 0.419 e. The molecule has 0 bridgehead atoms. The van der Waals surface area contributed by atoms with Crippen LogP contribution >= 0.6 is 0 Å². The van der Waals surface area contributed by atoms with Crippen molar-refractivity contribution in [2.75, 3.05) is 25.0 Å². The number of aromatic nitrogens is 3. The number of β-amino-alcohol motifs (C(OH)–C–C–N with tert-alkyl or cyclic N) is 1. The number of aliphatic hydroxyl groups is 1. The first-order chi connectivity index (χ1) is 21.5. The molecule has 1 amide bonds. The minimum absolute atomic E-state index is 0.0209. The number of amides is 1. The number of alkyl halides is 3. The van der Waals surface area contributed by atoms with E-state index < -0.39 is 59.4 Å². The number of halogens is 3. The molecule has 4 heterocycles. The first-order valence-corrected chi connectivity index (χ1v) is 14.8. The van der Waals surface area contributed by atoms with Crippen molar-refractivity contribution in [1.29, 1.82) is 5.26 Å². The average Bonchev–Trinajstić information content (AvgIpc) is 3.55. The van der Waals surface area contributed by atoms with Gasteiger partial charge in [0, 0.05) is 30.4 Å². The number of fused-ring (bicyclic) bond motifs is 1. The van der Waals surface area contributed by atoms with Gasteiger partial charge in [0.2, 0.25) is 0 Å². The second-order valence-corrected chi connectivity index (χ2v) is 12.9. The van der Waals surface area contributed by atoms with Crippen LogP contribution in [-0.2, 0) is 19.8 Å². The van der Waals surface area contributed by atoms with Gasteiger partial charge in [0.25, 0.3) is 11.5 Å². The van der Waals surface area contributed by atoms with Crippen LogP contribution in [0, 0.1) is 18.3 Å². The second kappa shape index (κ2) is 11.7. The van der Waals surface area contributed by atoms with Gasteiger partial charge < -0.3 is 29.8 Å². The summed E-state index contributed by atoms with van der Waals surface area (Å²) < 4.78 is 52.8. The van der Waals surface area contributed by atoms with Gasteiger partial charge in [-0.25, -0.2) is 4.79 Å². The van der Waals surface area contributed by atoms with Crippen molar-refractivity contribution in [1.82, 2.24) is 19.7 Å². The summed E-state index contributed by atoms with van der Waals surface area (Å²) in [7, 11) is 0. The van der Waals surface area contributed by atoms with Gasteiger partial charge >= 0.3 is 12.1 Å². The lowest BCUT2D eigenvalue weighted by Crippen LogP contribution is -2.48. The molecule has 5 rings (SSSR count). The van der Waals surface area contributed by atoms with Gasteiger partial charge in [-0.2, -0.15) is 23.5 Å². The highest BCUT2D eigenvalue weighted by Crippen LogP contribution is 2.39. The number of hydrogen-bond acceptors (Lipinski definition) is 9. The van der Waals surface area contributed by atoms with Crippen LogP contribution in [0.4, 0.5) is 24.7 Å². The fraction of sp³-hybridized carbons (Fsp3) is 0.516. The van der Waals surface area contributed by atoms with E-state index in [4.69, 9.17) is 14.6 Å². The summed E-state index contributed by atoms with van der Waals surface area (Å²) >= 11 is 0. The third kappa shape index (κ3) is 6.19. The van der Waals surface area contributed by atoms with Crippen molar-refractivity contribution in [3.05, 3.63) is 51.9 Å². The maximum Gasteiger partial charge on any atom is 0.419 e. The van der Waals surface area contributed by atoms with E-state index in [9.17, 15) is 37.9 Å². The summed E-state index contributed by atoms with van der Waals surface area (Å²) in [6, 6.07) is 8.42. The van der Waals surface area contributed by atoms with Crippen molar-refractivity contribution in [3.63, 3.8) is 0 Å². The monoisotopic (exact) mass is 644 g/mol. The number of likely N-dealkylation sites (tertiary alicyclic amines) is 1. The summed E-state index contributed by atoms with van der Waals surface area (Å²) in [5.41, 5.74) is -3.61. The fourth-order valence-corrected chi connectivity index (χ4v) is 5.91. The number of rotatable bonds is 6. The standard InChI is InChI=1S/C31H35F3N6O6/c1-18-15-19(5-6-20(18)26(42)39-14-11-30(44,16-39)31(32,33)34)37-24-23-21(8-13-36-25(23)41)40(38-24)29(10-12-35)9-7-22(45-17-29)27(43)46-28(2,3)4/h5-6,8,13,15,22,44H,7,9-11,14,16-17H2,1-4H3,(H,36,41)(H,37,38)/t22-,29-,30-/m0/s1. The zero-order valence-electron chi connectivity index (χ0n) is 25.8. The number of carbonyl (C=O) groups is 2. The Morgan fingerprint density at radius 2 is 2.00 bits per heavy atom. The normalized spacial score (nSPS) is 23.7. The van der Waals surface area contributed by atoms with E-state index in [1.807, 2.05) is 0 Å². The van der Waals surface area contributed by atoms with Gasteiger partial charge in [-0.1, -0.05) is 0 Å². The van der Waals surface area contributed by atoms with Gasteiger partial charge in [-0.05, 0) is 70.4 Å². The number of nitrogens with one attached hydrogen (secondary N) is 2. The lowest BCUT2D eigenvalue weighted by molar-refractivity contribution is -0.253. The zero-order valence-corrected chi connectivity index (χ0v) is 25.8. The molecule has 0 unspecified atom stereocenters. The van der Waals surface area contributed by atoms with Crippen LogP contribution in [0.1, 0.15) is 62.4 Å². The number of H-pyrrole nitrogens is 1. The SMILES string of the molecule is Cc1cc(Nc2nn([C@]3(CC#N)CC[C@@H](C(=O)OC(C)(C)C)OC3)c3cc[nH]c(=O)c23)ccc1C(=O)N1CC[C@@](O)(C(F)(F)F)C1. The molecule has 2 saturated heterocycles. The van der Waals surface area contributed by atoms with Gasteiger partial charge in [0.05, 0.1) is 36.7 Å². The van der Waals surface area contributed by atoms with Crippen LogP contribution in [0.3, 0.4) is 0 Å². The molecule has 15 heteroatoms. The van der Waals surface area contributed by atoms with Crippen LogP contribution in [-0.4, -0.2) is 79.8 Å². The number of aromatic amines is 1. The Balaban J connectivity index is 1.42. The molecule has 0 radical (unpaired) electrons. The predicted octanol–water partition coefficient (Wildman–Crippen LogP) is 4.05. The molecule has 2 aliphatic rings. The summed E-state index contributed by atoms with van der Waals surface area (Å²) in [6.07, 6.45) is -4.24. The molecular formula is C31H35F3N6O6. The predicted molar refractivity (Wildman–Crippen MR) is 159 cm³/mol. The van der Waals surface area contributed by atoms with E-state index in [1.165, 1.54) is 18.3 Å². The summed E-state index contributed by atoms with van der Waals surface area (Å²) in [4.78, 5) is 42.4. The molecule has 0 spiro atoms. The number of esters is 1. The van der Waals surface area contributed by atoms with Crippen LogP contribution in [0.2, 0.25) is 0 Å². The highest BCUT2D eigenvalue weighted by atomic mass is 19.4. The molecule has 3 N–H and O–H groups in total. The number of pyridine rings is 1. The molecule has 3 atom stereocenters. The fourth-order valence-electron chi connectivity index (χ4n) is 5.91. The lowest BCUT2D eigenvalue weighted by atomic mass is 9.87. The van der Waals surface area contributed by atoms with E-state index in [2.05, 4.69) is 16.4 Å². The third-order valence-electron chi connectivity index (χ3n) is 8.34. The third-order valence-corrected chi connectivity index (χ3v) is 8.34. The first kappa shape index (κ1) is 33.0. The van der Waals surface area contributed by atoms with Crippen molar-refractivity contribution in [3.8, 4) is 6.07 Å². The quantitative estimate of drug-likeness (QED) is 0.336. The van der Waals surface area contributed by atoms with Gasteiger partial charge in [-0.3, -0.25) is 14.3 Å². The Bertz CT molecular complexity index is 1760. The Morgan fingerprint density at radius 3 is 2.59 bits per heavy atom. The highest BCUT2D eigenvalue weighted by Gasteiger charge is 2.58.